The zero-order valence-electron chi connectivity index (χ0n) is 13.5. The Kier molecular flexibility index (Phi) is 6.10. The Labute approximate surface area is 147 Å². The van der Waals surface area contributed by atoms with Gasteiger partial charge in [-0.1, -0.05) is 35.9 Å². The van der Waals surface area contributed by atoms with Crippen LogP contribution in [0.3, 0.4) is 0 Å². The Hall–Kier alpha value is -1.59. The molecule has 0 spiro atoms. The molecule has 0 amide bonds. The molecule has 0 bridgehead atoms. The quantitative estimate of drug-likeness (QED) is 0.870. The van der Waals surface area contributed by atoms with Gasteiger partial charge in [-0.25, -0.2) is 0 Å². The highest BCUT2D eigenvalue weighted by Crippen LogP contribution is 2.25. The van der Waals surface area contributed by atoms with Gasteiger partial charge in [0.15, 0.2) is 0 Å². The predicted molar refractivity (Wildman–Crippen MR) is 94.4 cm³/mol. The van der Waals surface area contributed by atoms with Gasteiger partial charge in [0.25, 0.3) is 0 Å². The van der Waals surface area contributed by atoms with E-state index >= 15 is 0 Å². The van der Waals surface area contributed by atoms with Crippen molar-refractivity contribution in [3.63, 3.8) is 0 Å². The normalized spacial score (nSPS) is 18.5. The van der Waals surface area contributed by atoms with Crippen molar-refractivity contribution in [1.82, 2.24) is 4.90 Å². The van der Waals surface area contributed by atoms with Crippen molar-refractivity contribution in [1.29, 1.82) is 0 Å². The van der Waals surface area contributed by atoms with Gasteiger partial charge in [-0.3, -0.25) is 4.90 Å². The number of benzene rings is 2. The molecule has 1 heterocycles. The average molecular weight is 348 g/mol. The Bertz CT molecular complexity index is 630. The Morgan fingerprint density at radius 3 is 2.58 bits per heavy atom. The van der Waals surface area contributed by atoms with Crippen LogP contribution in [-0.2, 0) is 11.3 Å². The number of aliphatic hydroxyl groups excluding tert-OH is 1. The molecule has 0 aromatic heterocycles. The van der Waals surface area contributed by atoms with Crippen LogP contribution in [0.5, 0.6) is 5.75 Å². The first-order chi connectivity index (χ1) is 11.7. The van der Waals surface area contributed by atoms with Crippen LogP contribution >= 0.6 is 11.6 Å². The molecule has 128 valence electrons. The number of ether oxygens (including phenoxy) is 2. The summed E-state index contributed by atoms with van der Waals surface area (Å²) in [5, 5.41) is 9.53. The molecule has 2 aromatic carbocycles. The van der Waals surface area contributed by atoms with E-state index in [4.69, 9.17) is 26.2 Å². The van der Waals surface area contributed by atoms with Gasteiger partial charge in [0, 0.05) is 24.7 Å². The van der Waals surface area contributed by atoms with Gasteiger partial charge < -0.3 is 14.6 Å². The lowest BCUT2D eigenvalue weighted by Gasteiger charge is -2.33. The van der Waals surface area contributed by atoms with Crippen molar-refractivity contribution < 1.29 is 14.6 Å². The number of hydrogen-bond acceptors (Lipinski definition) is 4. The van der Waals surface area contributed by atoms with Gasteiger partial charge in [-0.2, -0.15) is 0 Å². The van der Waals surface area contributed by atoms with E-state index in [0.717, 1.165) is 42.6 Å². The molecule has 3 rings (SSSR count). The summed E-state index contributed by atoms with van der Waals surface area (Å²) in [7, 11) is 0. The predicted octanol–water partition coefficient (Wildman–Crippen LogP) is 3.28. The first-order valence-electron chi connectivity index (χ1n) is 8.16. The first kappa shape index (κ1) is 17.2. The summed E-state index contributed by atoms with van der Waals surface area (Å²) in [5.41, 5.74) is 2.40. The number of aliphatic hydroxyl groups is 1. The third kappa shape index (κ3) is 4.71. The van der Waals surface area contributed by atoms with Gasteiger partial charge >= 0.3 is 0 Å². The van der Waals surface area contributed by atoms with Crippen LogP contribution < -0.4 is 4.74 Å². The molecule has 0 saturated carbocycles. The van der Waals surface area contributed by atoms with Gasteiger partial charge in [0.1, 0.15) is 12.4 Å². The second kappa shape index (κ2) is 8.49. The lowest BCUT2D eigenvalue weighted by molar-refractivity contribution is -0.0329. The van der Waals surface area contributed by atoms with Gasteiger partial charge in [-0.05, 0) is 35.4 Å². The molecule has 1 saturated heterocycles. The maximum absolute atomic E-state index is 8.78. The largest absolute Gasteiger partial charge is 0.491 e. The van der Waals surface area contributed by atoms with Crippen molar-refractivity contribution >= 4 is 11.6 Å². The Morgan fingerprint density at radius 2 is 1.88 bits per heavy atom. The Morgan fingerprint density at radius 1 is 1.12 bits per heavy atom. The highest BCUT2D eigenvalue weighted by molar-refractivity contribution is 6.30. The third-order valence-electron chi connectivity index (χ3n) is 4.08. The molecule has 1 aliphatic heterocycles. The van der Waals surface area contributed by atoms with Gasteiger partial charge in [-0.15, -0.1) is 0 Å². The smallest absolute Gasteiger partial charge is 0.119 e. The van der Waals surface area contributed by atoms with Crippen LogP contribution in [0.25, 0.3) is 0 Å². The molecular formula is C19H22ClNO3. The van der Waals surface area contributed by atoms with Crippen molar-refractivity contribution in [2.24, 2.45) is 0 Å². The van der Waals surface area contributed by atoms with E-state index in [0.29, 0.717) is 6.61 Å². The SMILES string of the molecule is OCCOc1ccc(CN2CCOC(c3ccc(Cl)cc3)C2)cc1. The van der Waals surface area contributed by atoms with Crippen LogP contribution in [-0.4, -0.2) is 42.9 Å². The number of nitrogens with zero attached hydrogens (tertiary/aromatic N) is 1. The zero-order valence-corrected chi connectivity index (χ0v) is 14.3. The van der Waals surface area contributed by atoms with E-state index in [9.17, 15) is 0 Å². The highest BCUT2D eigenvalue weighted by atomic mass is 35.5. The lowest BCUT2D eigenvalue weighted by atomic mass is 10.1. The summed E-state index contributed by atoms with van der Waals surface area (Å²) in [5.74, 6) is 0.786. The topological polar surface area (TPSA) is 41.9 Å². The minimum atomic E-state index is 0.0294. The summed E-state index contributed by atoms with van der Waals surface area (Å²) in [6, 6.07) is 15.9. The highest BCUT2D eigenvalue weighted by Gasteiger charge is 2.21. The van der Waals surface area contributed by atoms with Crippen LogP contribution in [0.2, 0.25) is 5.02 Å². The number of rotatable bonds is 6. The van der Waals surface area contributed by atoms with Crippen molar-refractivity contribution in [2.45, 2.75) is 12.6 Å². The van der Waals surface area contributed by atoms with Crippen LogP contribution in [0.4, 0.5) is 0 Å². The summed E-state index contributed by atoms with van der Waals surface area (Å²) >= 11 is 5.96. The summed E-state index contributed by atoms with van der Waals surface area (Å²) in [6.07, 6.45) is 0.0863. The minimum absolute atomic E-state index is 0.0294. The van der Waals surface area contributed by atoms with E-state index in [1.165, 1.54) is 5.56 Å². The van der Waals surface area contributed by atoms with E-state index in [1.54, 1.807) is 0 Å². The maximum atomic E-state index is 8.78. The fourth-order valence-corrected chi connectivity index (χ4v) is 2.96. The molecule has 1 unspecified atom stereocenters. The zero-order chi connectivity index (χ0) is 16.8. The molecule has 4 nitrogen and oxygen atoms in total. The van der Waals surface area contributed by atoms with E-state index in [2.05, 4.69) is 17.0 Å². The van der Waals surface area contributed by atoms with Gasteiger partial charge in [0.2, 0.25) is 0 Å². The van der Waals surface area contributed by atoms with E-state index in [1.807, 2.05) is 36.4 Å². The third-order valence-corrected chi connectivity index (χ3v) is 4.33. The molecular weight excluding hydrogens is 326 g/mol. The van der Waals surface area contributed by atoms with E-state index in [-0.39, 0.29) is 12.7 Å². The molecule has 2 aromatic rings. The lowest BCUT2D eigenvalue weighted by Crippen LogP contribution is -2.37. The molecule has 1 fully saturated rings. The maximum Gasteiger partial charge on any atom is 0.119 e. The van der Waals surface area contributed by atoms with Crippen molar-refractivity contribution in [2.75, 3.05) is 32.9 Å². The number of morpholine rings is 1. The molecule has 0 radical (unpaired) electrons. The van der Waals surface area contributed by atoms with Gasteiger partial charge in [0.05, 0.1) is 19.3 Å². The average Bonchev–Trinajstić information content (AvgIpc) is 2.62. The molecule has 5 heteroatoms. The minimum Gasteiger partial charge on any atom is -0.491 e. The van der Waals surface area contributed by atoms with Crippen LogP contribution in [0.15, 0.2) is 48.5 Å². The monoisotopic (exact) mass is 347 g/mol. The van der Waals surface area contributed by atoms with Crippen LogP contribution in [0, 0.1) is 0 Å². The summed E-state index contributed by atoms with van der Waals surface area (Å²) < 4.78 is 11.3. The molecule has 1 N–H and O–H groups in total. The Balaban J connectivity index is 1.57. The molecule has 1 aliphatic rings. The standard InChI is InChI=1S/C19H22ClNO3/c20-17-5-3-16(4-6-17)19-14-21(9-11-24-19)13-15-1-7-18(8-2-15)23-12-10-22/h1-8,19,22H,9-14H2. The van der Waals surface area contributed by atoms with Crippen LogP contribution in [0.1, 0.15) is 17.2 Å². The molecule has 1 atom stereocenters. The van der Waals surface area contributed by atoms with E-state index < -0.39 is 0 Å². The fourth-order valence-electron chi connectivity index (χ4n) is 2.84. The van der Waals surface area contributed by atoms with Crippen molar-refractivity contribution in [3.05, 3.63) is 64.7 Å². The first-order valence-corrected chi connectivity index (χ1v) is 8.54. The van der Waals surface area contributed by atoms with Crippen molar-refractivity contribution in [3.8, 4) is 5.75 Å². The summed E-state index contributed by atoms with van der Waals surface area (Å²) in [6.45, 7) is 3.75. The molecule has 0 aliphatic carbocycles. The number of halogens is 1. The fraction of sp³-hybridized carbons (Fsp3) is 0.368. The number of hydrogen-bond donors (Lipinski definition) is 1. The summed E-state index contributed by atoms with van der Waals surface area (Å²) in [4.78, 5) is 2.40. The second-order valence-corrected chi connectivity index (χ2v) is 6.30. The second-order valence-electron chi connectivity index (χ2n) is 5.86. The molecule has 24 heavy (non-hydrogen) atoms.